The summed E-state index contributed by atoms with van der Waals surface area (Å²) in [6, 6.07) is 16.2. The second kappa shape index (κ2) is 6.50. The van der Waals surface area contributed by atoms with Gasteiger partial charge < -0.3 is 10.4 Å². The van der Waals surface area contributed by atoms with E-state index in [-0.39, 0.29) is 17.2 Å². The average molecular weight is 368 g/mol. The van der Waals surface area contributed by atoms with Crippen LogP contribution in [0.25, 0.3) is 11.3 Å². The molecule has 4 rings (SSSR count). The molecule has 1 aromatic heterocycles. The molecule has 0 spiro atoms. The third-order valence-corrected chi connectivity index (χ3v) is 5.21. The number of para-hydroxylation sites is 1. The summed E-state index contributed by atoms with van der Waals surface area (Å²) >= 11 is 5.98. The van der Waals surface area contributed by atoms with E-state index in [1.54, 1.807) is 24.3 Å². The molecule has 5 nitrogen and oxygen atoms in total. The minimum Gasteiger partial charge on any atom is -0.507 e. The molecule has 3 N–H and O–H groups in total. The second-order valence-corrected chi connectivity index (χ2v) is 7.02. The lowest BCUT2D eigenvalue weighted by Crippen LogP contribution is -2.50. The summed E-state index contributed by atoms with van der Waals surface area (Å²) < 4.78 is 0. The van der Waals surface area contributed by atoms with Crippen LogP contribution in [-0.4, -0.2) is 21.2 Å². The Morgan fingerprint density at radius 3 is 2.54 bits per heavy atom. The maximum atomic E-state index is 12.8. The van der Waals surface area contributed by atoms with Crippen LogP contribution < -0.4 is 5.32 Å². The molecule has 0 unspecified atom stereocenters. The SMILES string of the molecule is O=C(NC1(c2ccc(Cl)cc2)CCC1)c1cc(-c2ccccc2O)n[nH]1. The zero-order chi connectivity index (χ0) is 18.1. The molecule has 132 valence electrons. The van der Waals surface area contributed by atoms with E-state index in [2.05, 4.69) is 15.5 Å². The fraction of sp³-hybridized carbons (Fsp3) is 0.200. The number of nitrogens with one attached hydrogen (secondary N) is 2. The van der Waals surface area contributed by atoms with Crippen LogP contribution in [0.3, 0.4) is 0 Å². The van der Waals surface area contributed by atoms with E-state index >= 15 is 0 Å². The van der Waals surface area contributed by atoms with Crippen LogP contribution in [0.2, 0.25) is 5.02 Å². The van der Waals surface area contributed by atoms with Crippen molar-refractivity contribution >= 4 is 17.5 Å². The van der Waals surface area contributed by atoms with Crippen molar-refractivity contribution in [1.29, 1.82) is 0 Å². The van der Waals surface area contributed by atoms with E-state index in [1.165, 1.54) is 0 Å². The molecule has 0 atom stereocenters. The smallest absolute Gasteiger partial charge is 0.270 e. The monoisotopic (exact) mass is 367 g/mol. The quantitative estimate of drug-likeness (QED) is 0.645. The van der Waals surface area contributed by atoms with Gasteiger partial charge >= 0.3 is 0 Å². The molecule has 0 aliphatic heterocycles. The maximum Gasteiger partial charge on any atom is 0.270 e. The molecule has 0 bridgehead atoms. The number of halogens is 1. The summed E-state index contributed by atoms with van der Waals surface area (Å²) in [5, 5.41) is 20.7. The summed E-state index contributed by atoms with van der Waals surface area (Å²) in [5.74, 6) is -0.0867. The van der Waals surface area contributed by atoms with Gasteiger partial charge in [-0.2, -0.15) is 5.10 Å². The first-order chi connectivity index (χ1) is 12.6. The van der Waals surface area contributed by atoms with Gasteiger partial charge in [0.2, 0.25) is 0 Å². The Bertz CT molecular complexity index is 946. The van der Waals surface area contributed by atoms with E-state index in [4.69, 9.17) is 11.6 Å². The third kappa shape index (κ3) is 2.95. The van der Waals surface area contributed by atoms with Gasteiger partial charge in [-0.05, 0) is 55.2 Å². The predicted molar refractivity (Wildman–Crippen MR) is 100 cm³/mol. The number of aromatic hydroxyl groups is 1. The number of hydrogen-bond donors (Lipinski definition) is 3. The van der Waals surface area contributed by atoms with Crippen LogP contribution in [0.5, 0.6) is 5.75 Å². The standard InChI is InChI=1S/C20H18ClN3O2/c21-14-8-6-13(7-9-14)20(10-3-11-20)22-19(26)17-12-16(23-24-17)15-4-1-2-5-18(15)25/h1-2,4-9,12,25H,3,10-11H2,(H,22,26)(H,23,24). The second-order valence-electron chi connectivity index (χ2n) is 6.58. The summed E-state index contributed by atoms with van der Waals surface area (Å²) in [7, 11) is 0. The normalized spacial score (nSPS) is 15.3. The molecule has 26 heavy (non-hydrogen) atoms. The molecular formula is C20H18ClN3O2. The van der Waals surface area contributed by atoms with E-state index in [1.807, 2.05) is 30.3 Å². The van der Waals surface area contributed by atoms with E-state index in [0.717, 1.165) is 24.8 Å². The van der Waals surface area contributed by atoms with E-state index < -0.39 is 0 Å². The highest BCUT2D eigenvalue weighted by Crippen LogP contribution is 2.41. The van der Waals surface area contributed by atoms with Crippen LogP contribution in [0.15, 0.2) is 54.6 Å². The fourth-order valence-electron chi connectivity index (χ4n) is 3.34. The van der Waals surface area contributed by atoms with E-state index in [9.17, 15) is 9.90 Å². The van der Waals surface area contributed by atoms with Gasteiger partial charge in [-0.3, -0.25) is 9.89 Å². The third-order valence-electron chi connectivity index (χ3n) is 4.96. The molecule has 3 aromatic rings. The zero-order valence-corrected chi connectivity index (χ0v) is 14.8. The van der Waals surface area contributed by atoms with Crippen molar-refractivity contribution in [1.82, 2.24) is 15.5 Å². The van der Waals surface area contributed by atoms with Gasteiger partial charge in [0.1, 0.15) is 11.4 Å². The molecular weight excluding hydrogens is 350 g/mol. The molecule has 0 saturated heterocycles. The van der Waals surface area contributed by atoms with Crippen molar-refractivity contribution in [2.75, 3.05) is 0 Å². The fourth-order valence-corrected chi connectivity index (χ4v) is 3.46. The molecule has 1 heterocycles. The van der Waals surface area contributed by atoms with Crippen LogP contribution in [0.4, 0.5) is 0 Å². The van der Waals surface area contributed by atoms with Gasteiger partial charge in [-0.1, -0.05) is 35.9 Å². The van der Waals surface area contributed by atoms with Crippen LogP contribution in [0.1, 0.15) is 35.3 Å². The highest BCUT2D eigenvalue weighted by Gasteiger charge is 2.40. The number of benzene rings is 2. The number of carbonyl (C=O) groups is 1. The molecule has 1 fully saturated rings. The van der Waals surface area contributed by atoms with Crippen LogP contribution in [0, 0.1) is 0 Å². The molecule has 6 heteroatoms. The Balaban J connectivity index is 1.57. The van der Waals surface area contributed by atoms with Gasteiger partial charge in [-0.15, -0.1) is 0 Å². The first-order valence-corrected chi connectivity index (χ1v) is 8.88. The highest BCUT2D eigenvalue weighted by molar-refractivity contribution is 6.30. The number of phenols is 1. The lowest BCUT2D eigenvalue weighted by Gasteiger charge is -2.43. The Kier molecular flexibility index (Phi) is 4.17. The molecule has 1 saturated carbocycles. The number of carbonyl (C=O) groups excluding carboxylic acids is 1. The number of phenolic OH excluding ortho intramolecular Hbond substituents is 1. The van der Waals surface area contributed by atoms with Crippen molar-refractivity contribution in [3.8, 4) is 17.0 Å². The van der Waals surface area contributed by atoms with Crippen LogP contribution in [-0.2, 0) is 5.54 Å². The molecule has 1 aliphatic rings. The summed E-state index contributed by atoms with van der Waals surface area (Å²) in [5.41, 5.74) is 2.17. The molecule has 1 aliphatic carbocycles. The number of aromatic amines is 1. The Labute approximate surface area is 156 Å². The van der Waals surface area contributed by atoms with Crippen molar-refractivity contribution in [2.24, 2.45) is 0 Å². The van der Waals surface area contributed by atoms with Crippen molar-refractivity contribution < 1.29 is 9.90 Å². The number of amides is 1. The van der Waals surface area contributed by atoms with Gasteiger partial charge in [0.05, 0.1) is 11.2 Å². The van der Waals surface area contributed by atoms with Crippen molar-refractivity contribution in [3.63, 3.8) is 0 Å². The summed E-state index contributed by atoms with van der Waals surface area (Å²) in [4.78, 5) is 12.8. The minimum atomic E-state index is -0.359. The molecule has 0 radical (unpaired) electrons. The Hall–Kier alpha value is -2.79. The average Bonchev–Trinajstić information content (AvgIpc) is 3.09. The highest BCUT2D eigenvalue weighted by atomic mass is 35.5. The van der Waals surface area contributed by atoms with Crippen molar-refractivity contribution in [3.05, 3.63) is 70.9 Å². The number of hydrogen-bond acceptors (Lipinski definition) is 3. The first-order valence-electron chi connectivity index (χ1n) is 8.50. The number of H-pyrrole nitrogens is 1. The lowest BCUT2D eigenvalue weighted by atomic mass is 9.71. The number of rotatable bonds is 4. The number of nitrogens with zero attached hydrogens (tertiary/aromatic N) is 1. The largest absolute Gasteiger partial charge is 0.507 e. The van der Waals surface area contributed by atoms with Gasteiger partial charge in [0.15, 0.2) is 0 Å². The van der Waals surface area contributed by atoms with Gasteiger partial charge in [0.25, 0.3) is 5.91 Å². The summed E-state index contributed by atoms with van der Waals surface area (Å²) in [6.45, 7) is 0. The maximum absolute atomic E-state index is 12.8. The lowest BCUT2D eigenvalue weighted by molar-refractivity contribution is 0.0818. The predicted octanol–water partition coefficient (Wildman–Crippen LogP) is 4.24. The zero-order valence-electron chi connectivity index (χ0n) is 14.0. The van der Waals surface area contributed by atoms with Gasteiger partial charge in [0, 0.05) is 10.6 Å². The molecule has 1 amide bonds. The first kappa shape index (κ1) is 16.7. The molecule has 2 aromatic carbocycles. The Morgan fingerprint density at radius 1 is 1.15 bits per heavy atom. The van der Waals surface area contributed by atoms with E-state index in [0.29, 0.717) is 22.0 Å². The summed E-state index contributed by atoms with van der Waals surface area (Å²) in [6.07, 6.45) is 2.84. The number of aromatic nitrogens is 2. The minimum absolute atomic E-state index is 0.127. The van der Waals surface area contributed by atoms with Gasteiger partial charge in [-0.25, -0.2) is 0 Å². The van der Waals surface area contributed by atoms with Crippen molar-refractivity contribution in [2.45, 2.75) is 24.8 Å². The Morgan fingerprint density at radius 2 is 1.88 bits per heavy atom. The van der Waals surface area contributed by atoms with Crippen LogP contribution >= 0.6 is 11.6 Å². The topological polar surface area (TPSA) is 78.0 Å².